The fourth-order valence-electron chi connectivity index (χ4n) is 2.18. The average molecular weight is 377 g/mol. The highest BCUT2D eigenvalue weighted by atomic mass is 32.2. The van der Waals surface area contributed by atoms with Crippen molar-refractivity contribution in [1.82, 2.24) is 4.72 Å². The van der Waals surface area contributed by atoms with E-state index in [1.807, 2.05) is 0 Å². The Hall–Kier alpha value is -2.91. The van der Waals surface area contributed by atoms with E-state index < -0.39 is 15.9 Å². The maximum Gasteiger partial charge on any atom is 0.255 e. The Labute approximate surface area is 151 Å². The third kappa shape index (κ3) is 4.58. The number of methoxy groups -OCH3 is 1. The molecule has 0 aliphatic rings. The summed E-state index contributed by atoms with van der Waals surface area (Å²) >= 11 is 0. The van der Waals surface area contributed by atoms with Gasteiger partial charge in [-0.05, 0) is 49.5 Å². The van der Waals surface area contributed by atoms with E-state index in [4.69, 9.17) is 4.74 Å². The Morgan fingerprint density at radius 3 is 2.04 bits per heavy atom. The Morgan fingerprint density at radius 2 is 1.54 bits per heavy atom. The first-order valence-electron chi connectivity index (χ1n) is 7.57. The molecule has 26 heavy (non-hydrogen) atoms. The van der Waals surface area contributed by atoms with Crippen LogP contribution in [0.4, 0.5) is 11.4 Å². The number of carbonyl (C=O) groups is 2. The molecule has 0 heterocycles. The monoisotopic (exact) mass is 377 g/mol. The largest absolute Gasteiger partial charge is 0.495 e. The maximum absolute atomic E-state index is 12.4. The van der Waals surface area contributed by atoms with Gasteiger partial charge in [0.1, 0.15) is 10.6 Å². The lowest BCUT2D eigenvalue weighted by Crippen LogP contribution is -2.20. The van der Waals surface area contributed by atoms with E-state index in [9.17, 15) is 18.0 Å². The summed E-state index contributed by atoms with van der Waals surface area (Å²) in [6.45, 7) is 1.40. The summed E-state index contributed by atoms with van der Waals surface area (Å²) in [5.74, 6) is -0.540. The minimum atomic E-state index is -3.78. The molecule has 2 aromatic carbocycles. The fraction of sp³-hybridized carbons (Fsp3) is 0.176. The maximum atomic E-state index is 12.4. The summed E-state index contributed by atoms with van der Waals surface area (Å²) in [7, 11) is -1.16. The summed E-state index contributed by atoms with van der Waals surface area (Å²) in [5, 5.41) is 5.29. The van der Waals surface area contributed by atoms with E-state index in [1.54, 1.807) is 24.3 Å². The van der Waals surface area contributed by atoms with Crippen LogP contribution < -0.4 is 20.1 Å². The zero-order valence-electron chi connectivity index (χ0n) is 14.5. The molecule has 0 aromatic heterocycles. The lowest BCUT2D eigenvalue weighted by Gasteiger charge is -2.11. The van der Waals surface area contributed by atoms with Crippen LogP contribution in [0.25, 0.3) is 0 Å². The third-order valence-electron chi connectivity index (χ3n) is 3.45. The second-order valence-electron chi connectivity index (χ2n) is 5.29. The molecule has 0 spiro atoms. The number of ether oxygens (including phenoxy) is 1. The second-order valence-corrected chi connectivity index (χ2v) is 7.14. The van der Waals surface area contributed by atoms with Crippen LogP contribution in [-0.2, 0) is 14.8 Å². The average Bonchev–Trinajstić information content (AvgIpc) is 2.62. The molecular formula is C17H19N3O5S. The molecule has 0 atom stereocenters. The second kappa shape index (κ2) is 7.98. The number of anilines is 2. The minimum absolute atomic E-state index is 0.129. The Bertz CT molecular complexity index is 924. The number of rotatable bonds is 6. The van der Waals surface area contributed by atoms with Crippen molar-refractivity contribution in [3.63, 3.8) is 0 Å². The highest BCUT2D eigenvalue weighted by Gasteiger charge is 2.20. The van der Waals surface area contributed by atoms with E-state index in [0.717, 1.165) is 0 Å². The van der Waals surface area contributed by atoms with Crippen molar-refractivity contribution in [2.45, 2.75) is 11.8 Å². The van der Waals surface area contributed by atoms with Crippen LogP contribution in [0.2, 0.25) is 0 Å². The molecule has 0 bridgehead atoms. The van der Waals surface area contributed by atoms with Gasteiger partial charge in [0.15, 0.2) is 0 Å². The van der Waals surface area contributed by atoms with E-state index in [1.165, 1.54) is 39.3 Å². The zero-order valence-corrected chi connectivity index (χ0v) is 15.3. The highest BCUT2D eigenvalue weighted by Crippen LogP contribution is 2.25. The molecule has 2 amide bonds. The molecule has 2 rings (SSSR count). The number of sulfonamides is 1. The van der Waals surface area contributed by atoms with Gasteiger partial charge in [-0.2, -0.15) is 0 Å². The number of amides is 2. The summed E-state index contributed by atoms with van der Waals surface area (Å²) < 4.78 is 31.4. The summed E-state index contributed by atoms with van der Waals surface area (Å²) in [6, 6.07) is 10.7. The van der Waals surface area contributed by atoms with Crippen LogP contribution >= 0.6 is 0 Å². The number of hydrogen-bond acceptors (Lipinski definition) is 5. The van der Waals surface area contributed by atoms with Gasteiger partial charge in [-0.3, -0.25) is 9.59 Å². The van der Waals surface area contributed by atoms with Gasteiger partial charge in [-0.15, -0.1) is 0 Å². The van der Waals surface area contributed by atoms with Crippen molar-refractivity contribution in [2.75, 3.05) is 24.8 Å². The van der Waals surface area contributed by atoms with Gasteiger partial charge < -0.3 is 15.4 Å². The van der Waals surface area contributed by atoms with Crippen molar-refractivity contribution < 1.29 is 22.7 Å². The summed E-state index contributed by atoms with van der Waals surface area (Å²) in [5.41, 5.74) is 1.26. The predicted octanol–water partition coefficient (Wildman–Crippen LogP) is 1.81. The summed E-state index contributed by atoms with van der Waals surface area (Å²) in [6.07, 6.45) is 0. The molecule has 2 aromatic rings. The van der Waals surface area contributed by atoms with Gasteiger partial charge in [-0.25, -0.2) is 13.1 Å². The number of benzene rings is 2. The topological polar surface area (TPSA) is 114 Å². The van der Waals surface area contributed by atoms with E-state index in [-0.39, 0.29) is 22.1 Å². The third-order valence-corrected chi connectivity index (χ3v) is 4.88. The number of hydrogen-bond donors (Lipinski definition) is 3. The quantitative estimate of drug-likeness (QED) is 0.710. The van der Waals surface area contributed by atoms with Crippen LogP contribution in [0.5, 0.6) is 5.75 Å². The van der Waals surface area contributed by atoms with Crippen molar-refractivity contribution in [3.8, 4) is 5.75 Å². The SMILES string of the molecule is CNS(=O)(=O)c1cc(C(=O)Nc2ccc(NC(C)=O)cc2)ccc1OC. The predicted molar refractivity (Wildman–Crippen MR) is 97.9 cm³/mol. The Morgan fingerprint density at radius 1 is 0.962 bits per heavy atom. The summed E-state index contributed by atoms with van der Waals surface area (Å²) in [4.78, 5) is 23.3. The molecule has 0 fully saturated rings. The molecule has 0 radical (unpaired) electrons. The van der Waals surface area contributed by atoms with Crippen molar-refractivity contribution in [2.24, 2.45) is 0 Å². The normalized spacial score (nSPS) is 10.9. The first-order valence-corrected chi connectivity index (χ1v) is 9.05. The molecule has 0 aliphatic heterocycles. The molecule has 0 aliphatic carbocycles. The minimum Gasteiger partial charge on any atom is -0.495 e. The molecule has 138 valence electrons. The van der Waals surface area contributed by atoms with E-state index >= 15 is 0 Å². The van der Waals surface area contributed by atoms with E-state index in [2.05, 4.69) is 15.4 Å². The number of nitrogens with one attached hydrogen (secondary N) is 3. The molecule has 9 heteroatoms. The van der Waals surface area contributed by atoms with Crippen LogP contribution in [0, 0.1) is 0 Å². The Balaban J connectivity index is 2.24. The van der Waals surface area contributed by atoms with Gasteiger partial charge in [0.25, 0.3) is 5.91 Å². The highest BCUT2D eigenvalue weighted by molar-refractivity contribution is 7.89. The molecular weight excluding hydrogens is 358 g/mol. The molecule has 3 N–H and O–H groups in total. The van der Waals surface area contributed by atoms with Gasteiger partial charge >= 0.3 is 0 Å². The first-order chi connectivity index (χ1) is 12.3. The molecule has 0 saturated carbocycles. The molecule has 0 unspecified atom stereocenters. The Kier molecular flexibility index (Phi) is 5.96. The van der Waals surface area contributed by atoms with Gasteiger partial charge in [-0.1, -0.05) is 0 Å². The fourth-order valence-corrected chi connectivity index (χ4v) is 3.10. The lowest BCUT2D eigenvalue weighted by atomic mass is 10.2. The number of carbonyl (C=O) groups excluding carboxylic acids is 2. The van der Waals surface area contributed by atoms with Crippen molar-refractivity contribution in [3.05, 3.63) is 48.0 Å². The van der Waals surface area contributed by atoms with Crippen LogP contribution in [-0.4, -0.2) is 34.4 Å². The molecule has 0 saturated heterocycles. The standard InChI is InChI=1S/C17H19N3O5S/c1-11(21)19-13-5-7-14(8-6-13)20-17(22)12-4-9-15(25-3)16(10-12)26(23,24)18-2/h4-10,18H,1-3H3,(H,19,21)(H,20,22). The van der Waals surface area contributed by atoms with Crippen LogP contribution in [0.3, 0.4) is 0 Å². The zero-order chi connectivity index (χ0) is 19.3. The van der Waals surface area contributed by atoms with Crippen LogP contribution in [0.1, 0.15) is 17.3 Å². The van der Waals surface area contributed by atoms with Crippen molar-refractivity contribution >= 4 is 33.2 Å². The van der Waals surface area contributed by atoms with Crippen LogP contribution in [0.15, 0.2) is 47.4 Å². The first kappa shape index (κ1) is 19.4. The smallest absolute Gasteiger partial charge is 0.255 e. The van der Waals surface area contributed by atoms with Gasteiger partial charge in [0.2, 0.25) is 15.9 Å². The van der Waals surface area contributed by atoms with Crippen molar-refractivity contribution in [1.29, 1.82) is 0 Å². The van der Waals surface area contributed by atoms with E-state index in [0.29, 0.717) is 11.4 Å². The lowest BCUT2D eigenvalue weighted by molar-refractivity contribution is -0.114. The molecule has 8 nitrogen and oxygen atoms in total. The van der Waals surface area contributed by atoms with Gasteiger partial charge in [0, 0.05) is 23.9 Å². The van der Waals surface area contributed by atoms with Gasteiger partial charge in [0.05, 0.1) is 7.11 Å².